The van der Waals surface area contributed by atoms with Crippen LogP contribution in [0.25, 0.3) is 0 Å². The van der Waals surface area contributed by atoms with E-state index in [9.17, 15) is 0 Å². The van der Waals surface area contributed by atoms with Crippen molar-refractivity contribution in [2.45, 2.75) is 33.6 Å². The van der Waals surface area contributed by atoms with E-state index >= 15 is 0 Å². The third-order valence-corrected chi connectivity index (χ3v) is 2.34. The molecule has 3 N–H and O–H groups in total. The second kappa shape index (κ2) is 6.27. The lowest BCUT2D eigenvalue weighted by molar-refractivity contribution is 0.241. The van der Waals surface area contributed by atoms with E-state index < -0.39 is 0 Å². The van der Waals surface area contributed by atoms with Gasteiger partial charge >= 0.3 is 0 Å². The third kappa shape index (κ3) is 3.66. The van der Waals surface area contributed by atoms with E-state index in [2.05, 4.69) is 29.2 Å². The van der Waals surface area contributed by atoms with Gasteiger partial charge in [0.1, 0.15) is 0 Å². The van der Waals surface area contributed by atoms with Gasteiger partial charge in [-0.2, -0.15) is 4.98 Å². The first-order chi connectivity index (χ1) is 7.67. The van der Waals surface area contributed by atoms with Crippen LogP contribution in [0.3, 0.4) is 0 Å². The lowest BCUT2D eigenvalue weighted by atomic mass is 10.1. The average molecular weight is 224 g/mol. The normalized spacial score (nSPS) is 12.2. The fourth-order valence-corrected chi connectivity index (χ4v) is 1.44. The fourth-order valence-electron chi connectivity index (χ4n) is 1.44. The van der Waals surface area contributed by atoms with Crippen LogP contribution in [0, 0.1) is 12.8 Å². The second-order valence-corrected chi connectivity index (χ2v) is 4.03. The highest BCUT2D eigenvalue weighted by atomic mass is 16.5. The van der Waals surface area contributed by atoms with Gasteiger partial charge in [0, 0.05) is 11.8 Å². The van der Waals surface area contributed by atoms with E-state index in [0.717, 1.165) is 12.0 Å². The van der Waals surface area contributed by atoms with Gasteiger partial charge in [-0.15, -0.1) is 0 Å². The highest BCUT2D eigenvalue weighted by molar-refractivity contribution is 5.31. The van der Waals surface area contributed by atoms with Crippen LogP contribution in [-0.2, 0) is 0 Å². The van der Waals surface area contributed by atoms with Crippen molar-refractivity contribution in [3.05, 3.63) is 11.8 Å². The molecule has 1 heterocycles. The molecule has 0 spiro atoms. The van der Waals surface area contributed by atoms with Gasteiger partial charge in [0.25, 0.3) is 0 Å². The SMILES string of the molecule is CCCC(C)COc1nc(NN)ncc1C. The number of ether oxygens (including phenoxy) is 1. The molecule has 0 saturated heterocycles. The second-order valence-electron chi connectivity index (χ2n) is 4.03. The zero-order valence-corrected chi connectivity index (χ0v) is 10.2. The van der Waals surface area contributed by atoms with Gasteiger partial charge in [0.2, 0.25) is 11.8 Å². The number of anilines is 1. The quantitative estimate of drug-likeness (QED) is 0.570. The number of nitrogen functional groups attached to an aromatic ring is 1. The third-order valence-electron chi connectivity index (χ3n) is 2.34. The minimum atomic E-state index is 0.378. The molecule has 0 aromatic carbocycles. The molecule has 0 aliphatic rings. The Morgan fingerprint density at radius 1 is 1.56 bits per heavy atom. The number of nitrogens with zero attached hydrogens (tertiary/aromatic N) is 2. The van der Waals surface area contributed by atoms with Crippen LogP contribution in [0.2, 0.25) is 0 Å². The first kappa shape index (κ1) is 12.7. The molecule has 1 aromatic rings. The van der Waals surface area contributed by atoms with Crippen LogP contribution < -0.4 is 16.0 Å². The molecule has 1 atom stereocenters. The average Bonchev–Trinajstić information content (AvgIpc) is 2.28. The summed E-state index contributed by atoms with van der Waals surface area (Å²) in [6, 6.07) is 0. The Hall–Kier alpha value is -1.36. The Morgan fingerprint density at radius 2 is 2.31 bits per heavy atom. The zero-order valence-electron chi connectivity index (χ0n) is 10.2. The Bertz CT molecular complexity index is 330. The van der Waals surface area contributed by atoms with Crippen molar-refractivity contribution in [3.8, 4) is 5.88 Å². The van der Waals surface area contributed by atoms with Crippen LogP contribution in [0.5, 0.6) is 5.88 Å². The predicted octanol–water partition coefficient (Wildman–Crippen LogP) is 1.89. The van der Waals surface area contributed by atoms with Gasteiger partial charge < -0.3 is 4.74 Å². The summed E-state index contributed by atoms with van der Waals surface area (Å²) < 4.78 is 5.65. The fraction of sp³-hybridized carbons (Fsp3) is 0.636. The maximum Gasteiger partial charge on any atom is 0.240 e. The molecule has 16 heavy (non-hydrogen) atoms. The van der Waals surface area contributed by atoms with Gasteiger partial charge in [-0.1, -0.05) is 20.3 Å². The first-order valence-corrected chi connectivity index (χ1v) is 5.60. The molecular weight excluding hydrogens is 204 g/mol. The molecule has 1 unspecified atom stereocenters. The van der Waals surface area contributed by atoms with Crippen LogP contribution >= 0.6 is 0 Å². The topological polar surface area (TPSA) is 73.1 Å². The molecule has 90 valence electrons. The smallest absolute Gasteiger partial charge is 0.240 e. The summed E-state index contributed by atoms with van der Waals surface area (Å²) in [6.45, 7) is 6.93. The number of rotatable bonds is 6. The van der Waals surface area contributed by atoms with Crippen molar-refractivity contribution in [1.29, 1.82) is 0 Å². The van der Waals surface area contributed by atoms with E-state index in [0.29, 0.717) is 24.4 Å². The summed E-state index contributed by atoms with van der Waals surface area (Å²) in [6.07, 6.45) is 4.02. The Balaban J connectivity index is 2.58. The first-order valence-electron chi connectivity index (χ1n) is 5.60. The predicted molar refractivity (Wildman–Crippen MR) is 64.1 cm³/mol. The summed E-state index contributed by atoms with van der Waals surface area (Å²) in [5.41, 5.74) is 3.32. The maximum atomic E-state index is 5.65. The minimum Gasteiger partial charge on any atom is -0.477 e. The van der Waals surface area contributed by atoms with Crippen molar-refractivity contribution in [2.75, 3.05) is 12.0 Å². The van der Waals surface area contributed by atoms with E-state index in [-0.39, 0.29) is 0 Å². The lowest BCUT2D eigenvalue weighted by Crippen LogP contribution is -2.13. The van der Waals surface area contributed by atoms with E-state index in [1.165, 1.54) is 6.42 Å². The Morgan fingerprint density at radius 3 is 2.94 bits per heavy atom. The van der Waals surface area contributed by atoms with Gasteiger partial charge in [-0.05, 0) is 19.3 Å². The number of hydrazine groups is 1. The minimum absolute atomic E-state index is 0.378. The molecule has 0 fully saturated rings. The summed E-state index contributed by atoms with van der Waals surface area (Å²) in [5, 5.41) is 0. The van der Waals surface area contributed by atoms with Gasteiger partial charge in [-0.25, -0.2) is 10.8 Å². The van der Waals surface area contributed by atoms with Gasteiger partial charge in [0.05, 0.1) is 6.61 Å². The molecule has 0 amide bonds. The maximum absolute atomic E-state index is 5.65. The van der Waals surface area contributed by atoms with Gasteiger partial charge in [-0.3, -0.25) is 5.43 Å². The van der Waals surface area contributed by atoms with E-state index in [1.54, 1.807) is 6.20 Å². The standard InChI is InChI=1S/C11H20N4O/c1-4-5-8(2)7-16-10-9(3)6-13-11(14-10)15-12/h6,8H,4-5,7,12H2,1-3H3,(H,13,14,15). The highest BCUT2D eigenvalue weighted by Crippen LogP contribution is 2.16. The Labute approximate surface area is 96.4 Å². The van der Waals surface area contributed by atoms with E-state index in [4.69, 9.17) is 10.6 Å². The molecule has 0 saturated carbocycles. The van der Waals surface area contributed by atoms with Crippen LogP contribution in [0.15, 0.2) is 6.20 Å². The molecule has 0 aliphatic carbocycles. The molecule has 0 aliphatic heterocycles. The van der Waals surface area contributed by atoms with Crippen molar-refractivity contribution >= 4 is 5.95 Å². The summed E-state index contributed by atoms with van der Waals surface area (Å²) in [5.74, 6) is 6.76. The molecule has 5 nitrogen and oxygen atoms in total. The molecule has 5 heteroatoms. The van der Waals surface area contributed by atoms with Crippen molar-refractivity contribution < 1.29 is 4.74 Å². The molecule has 1 rings (SSSR count). The number of nitrogens with two attached hydrogens (primary N) is 1. The van der Waals surface area contributed by atoms with Gasteiger partial charge in [0.15, 0.2) is 0 Å². The van der Waals surface area contributed by atoms with Crippen LogP contribution in [0.1, 0.15) is 32.3 Å². The van der Waals surface area contributed by atoms with Crippen molar-refractivity contribution in [2.24, 2.45) is 11.8 Å². The molecule has 0 radical (unpaired) electrons. The van der Waals surface area contributed by atoms with Crippen LogP contribution in [-0.4, -0.2) is 16.6 Å². The highest BCUT2D eigenvalue weighted by Gasteiger charge is 2.07. The lowest BCUT2D eigenvalue weighted by Gasteiger charge is -2.13. The summed E-state index contributed by atoms with van der Waals surface area (Å²) in [4.78, 5) is 8.15. The Kier molecular flexibility index (Phi) is 4.98. The van der Waals surface area contributed by atoms with Crippen LogP contribution in [0.4, 0.5) is 5.95 Å². The largest absolute Gasteiger partial charge is 0.477 e. The molecule has 1 aromatic heterocycles. The number of hydrogen-bond acceptors (Lipinski definition) is 5. The molecular formula is C11H20N4O. The number of aromatic nitrogens is 2. The van der Waals surface area contributed by atoms with E-state index in [1.807, 2.05) is 6.92 Å². The number of nitrogens with one attached hydrogen (secondary N) is 1. The summed E-state index contributed by atoms with van der Waals surface area (Å²) >= 11 is 0. The number of aryl methyl sites for hydroxylation is 1. The van der Waals surface area contributed by atoms with Crippen molar-refractivity contribution in [3.63, 3.8) is 0 Å². The monoisotopic (exact) mass is 224 g/mol. The molecule has 0 bridgehead atoms. The zero-order chi connectivity index (χ0) is 12.0. The summed E-state index contributed by atoms with van der Waals surface area (Å²) in [7, 11) is 0. The number of hydrogen-bond donors (Lipinski definition) is 2. The van der Waals surface area contributed by atoms with Crippen molar-refractivity contribution in [1.82, 2.24) is 9.97 Å².